The molecule has 1 amide bonds. The Morgan fingerprint density at radius 2 is 1.96 bits per heavy atom. The van der Waals surface area contributed by atoms with Crippen LogP contribution >= 0.6 is 0 Å². The minimum Gasteiger partial charge on any atom is -0.493 e. The van der Waals surface area contributed by atoms with Gasteiger partial charge in [0.05, 0.1) is 20.8 Å². The number of nitrogens with one attached hydrogen (secondary N) is 1. The van der Waals surface area contributed by atoms with E-state index in [0.717, 1.165) is 42.1 Å². The fourth-order valence-corrected chi connectivity index (χ4v) is 3.72. The third-order valence-corrected chi connectivity index (χ3v) is 5.16. The van der Waals surface area contributed by atoms with Gasteiger partial charge in [0.2, 0.25) is 5.91 Å². The van der Waals surface area contributed by atoms with Gasteiger partial charge in [-0.3, -0.25) is 9.69 Å². The van der Waals surface area contributed by atoms with Gasteiger partial charge in [0, 0.05) is 24.6 Å². The van der Waals surface area contributed by atoms with Crippen LogP contribution in [0.5, 0.6) is 11.5 Å². The zero-order chi connectivity index (χ0) is 19.9. The van der Waals surface area contributed by atoms with E-state index >= 15 is 0 Å². The Labute approximate surface area is 165 Å². The number of likely N-dealkylation sites (tertiary alicyclic amines) is 1. The summed E-state index contributed by atoms with van der Waals surface area (Å²) in [5.41, 5.74) is 2.13. The summed E-state index contributed by atoms with van der Waals surface area (Å²) in [6.07, 6.45) is 1.67. The van der Waals surface area contributed by atoms with E-state index in [2.05, 4.69) is 16.3 Å². The minimum atomic E-state index is -0.246. The average molecular weight is 386 g/mol. The lowest BCUT2D eigenvalue weighted by atomic mass is 9.97. The molecule has 1 unspecified atom stereocenters. The molecule has 0 saturated carbocycles. The summed E-state index contributed by atoms with van der Waals surface area (Å²) < 4.78 is 23.9. The highest BCUT2D eigenvalue weighted by Crippen LogP contribution is 2.39. The molecule has 3 rings (SSSR count). The topological polar surface area (TPSA) is 50.8 Å². The summed E-state index contributed by atoms with van der Waals surface area (Å²) >= 11 is 0. The van der Waals surface area contributed by atoms with Crippen LogP contribution in [0, 0.1) is 5.82 Å². The van der Waals surface area contributed by atoms with Crippen LogP contribution in [0.1, 0.15) is 23.5 Å². The molecule has 6 heteroatoms. The number of nitrogens with zero attached hydrogens (tertiary/aromatic N) is 1. The molecule has 150 valence electrons. The van der Waals surface area contributed by atoms with Crippen molar-refractivity contribution in [1.82, 2.24) is 10.2 Å². The normalized spacial score (nSPS) is 16.8. The standard InChI is InChI=1S/C22H27FN2O3/c1-27-20-5-3-4-19(22(20)28-2)17-11-13-25(14-17)15-21(26)24-12-10-16-6-8-18(23)9-7-16/h3-9,17H,10-15H2,1-2H3,(H,24,26). The van der Waals surface area contributed by atoms with Gasteiger partial charge < -0.3 is 14.8 Å². The van der Waals surface area contributed by atoms with Crippen molar-refractivity contribution in [2.75, 3.05) is 40.4 Å². The van der Waals surface area contributed by atoms with Gasteiger partial charge in [0.1, 0.15) is 5.82 Å². The van der Waals surface area contributed by atoms with Crippen molar-refractivity contribution in [3.63, 3.8) is 0 Å². The van der Waals surface area contributed by atoms with Gasteiger partial charge in [0.25, 0.3) is 0 Å². The summed E-state index contributed by atoms with van der Waals surface area (Å²) in [6, 6.07) is 12.3. The van der Waals surface area contributed by atoms with Crippen molar-refractivity contribution in [3.05, 3.63) is 59.4 Å². The Morgan fingerprint density at radius 1 is 1.18 bits per heavy atom. The number of carbonyl (C=O) groups excluding carboxylic acids is 1. The Bertz CT molecular complexity index is 795. The number of hydrogen-bond donors (Lipinski definition) is 1. The lowest BCUT2D eigenvalue weighted by molar-refractivity contribution is -0.122. The molecule has 2 aromatic carbocycles. The number of halogens is 1. The molecule has 28 heavy (non-hydrogen) atoms. The number of hydrogen-bond acceptors (Lipinski definition) is 4. The van der Waals surface area contributed by atoms with Crippen LogP contribution in [-0.4, -0.2) is 51.2 Å². The van der Waals surface area contributed by atoms with Gasteiger partial charge >= 0.3 is 0 Å². The van der Waals surface area contributed by atoms with Crippen LogP contribution in [0.3, 0.4) is 0 Å². The molecule has 1 aliphatic rings. The Balaban J connectivity index is 1.48. The zero-order valence-corrected chi connectivity index (χ0v) is 16.4. The van der Waals surface area contributed by atoms with Crippen molar-refractivity contribution in [1.29, 1.82) is 0 Å². The van der Waals surface area contributed by atoms with Crippen LogP contribution in [0.25, 0.3) is 0 Å². The first kappa shape index (κ1) is 20.1. The maximum Gasteiger partial charge on any atom is 0.234 e. The second-order valence-electron chi connectivity index (χ2n) is 7.03. The van der Waals surface area contributed by atoms with Crippen molar-refractivity contribution >= 4 is 5.91 Å². The number of rotatable bonds is 8. The van der Waals surface area contributed by atoms with E-state index in [4.69, 9.17) is 9.47 Å². The molecule has 1 aliphatic heterocycles. The Morgan fingerprint density at radius 3 is 2.68 bits per heavy atom. The van der Waals surface area contributed by atoms with Gasteiger partial charge in [0.15, 0.2) is 11.5 Å². The lowest BCUT2D eigenvalue weighted by Gasteiger charge is -2.18. The highest BCUT2D eigenvalue weighted by molar-refractivity contribution is 5.78. The van der Waals surface area contributed by atoms with Crippen molar-refractivity contribution in [2.24, 2.45) is 0 Å². The van der Waals surface area contributed by atoms with Crippen molar-refractivity contribution in [3.8, 4) is 11.5 Å². The number of benzene rings is 2. The molecule has 1 heterocycles. The van der Waals surface area contributed by atoms with Crippen LogP contribution in [0.15, 0.2) is 42.5 Å². The first-order chi connectivity index (χ1) is 13.6. The van der Waals surface area contributed by atoms with E-state index in [1.54, 1.807) is 26.4 Å². The molecule has 1 saturated heterocycles. The molecule has 5 nitrogen and oxygen atoms in total. The zero-order valence-electron chi connectivity index (χ0n) is 16.4. The molecule has 0 aliphatic carbocycles. The fourth-order valence-electron chi connectivity index (χ4n) is 3.72. The quantitative estimate of drug-likeness (QED) is 0.758. The first-order valence-electron chi connectivity index (χ1n) is 9.55. The monoisotopic (exact) mass is 386 g/mol. The van der Waals surface area contributed by atoms with Crippen LogP contribution in [0.2, 0.25) is 0 Å². The predicted molar refractivity (Wildman–Crippen MR) is 106 cm³/mol. The summed E-state index contributed by atoms with van der Waals surface area (Å²) in [4.78, 5) is 14.4. The molecule has 1 fully saturated rings. The third kappa shape index (κ3) is 5.01. The third-order valence-electron chi connectivity index (χ3n) is 5.16. The number of ether oxygens (including phenoxy) is 2. The second kappa shape index (κ2) is 9.55. The van der Waals surface area contributed by atoms with Crippen LogP contribution in [0.4, 0.5) is 4.39 Å². The number of carbonyl (C=O) groups is 1. The van der Waals surface area contributed by atoms with Gasteiger partial charge in [-0.1, -0.05) is 24.3 Å². The molecular weight excluding hydrogens is 359 g/mol. The van der Waals surface area contributed by atoms with Crippen molar-refractivity contribution in [2.45, 2.75) is 18.8 Å². The molecule has 1 atom stereocenters. The Hall–Kier alpha value is -2.60. The van der Waals surface area contributed by atoms with Gasteiger partial charge in [-0.05, 0) is 43.1 Å². The van der Waals surface area contributed by atoms with Gasteiger partial charge in [-0.25, -0.2) is 4.39 Å². The molecule has 0 radical (unpaired) electrons. The van der Waals surface area contributed by atoms with Crippen LogP contribution < -0.4 is 14.8 Å². The predicted octanol–water partition coefficient (Wildman–Crippen LogP) is 2.99. The molecule has 0 spiro atoms. The summed E-state index contributed by atoms with van der Waals surface area (Å²) in [5, 5.41) is 2.95. The van der Waals surface area contributed by atoms with Crippen molar-refractivity contribution < 1.29 is 18.7 Å². The van der Waals surface area contributed by atoms with E-state index in [1.807, 2.05) is 12.1 Å². The van der Waals surface area contributed by atoms with E-state index in [1.165, 1.54) is 12.1 Å². The van der Waals surface area contributed by atoms with Crippen LogP contribution in [-0.2, 0) is 11.2 Å². The SMILES string of the molecule is COc1cccc(C2CCN(CC(=O)NCCc3ccc(F)cc3)C2)c1OC. The number of amides is 1. The second-order valence-corrected chi connectivity index (χ2v) is 7.03. The summed E-state index contributed by atoms with van der Waals surface area (Å²) in [5.74, 6) is 1.60. The number of methoxy groups -OCH3 is 2. The fraction of sp³-hybridized carbons (Fsp3) is 0.409. The highest BCUT2D eigenvalue weighted by atomic mass is 19.1. The highest BCUT2D eigenvalue weighted by Gasteiger charge is 2.28. The first-order valence-corrected chi connectivity index (χ1v) is 9.55. The lowest BCUT2D eigenvalue weighted by Crippen LogP contribution is -2.36. The van der Waals surface area contributed by atoms with Gasteiger partial charge in [-0.15, -0.1) is 0 Å². The molecule has 0 aromatic heterocycles. The van der Waals surface area contributed by atoms with Gasteiger partial charge in [-0.2, -0.15) is 0 Å². The largest absolute Gasteiger partial charge is 0.493 e. The summed E-state index contributed by atoms with van der Waals surface area (Å²) in [6.45, 7) is 2.61. The maximum atomic E-state index is 12.9. The number of para-hydroxylation sites is 1. The molecule has 2 aromatic rings. The maximum absolute atomic E-state index is 12.9. The molecular formula is C22H27FN2O3. The van der Waals surface area contributed by atoms with E-state index < -0.39 is 0 Å². The molecule has 1 N–H and O–H groups in total. The molecule has 0 bridgehead atoms. The average Bonchev–Trinajstić information content (AvgIpc) is 3.17. The smallest absolute Gasteiger partial charge is 0.234 e. The van der Waals surface area contributed by atoms with E-state index in [0.29, 0.717) is 25.4 Å². The Kier molecular flexibility index (Phi) is 6.87. The van der Waals surface area contributed by atoms with E-state index in [-0.39, 0.29) is 11.7 Å². The minimum absolute atomic E-state index is 0.0142. The van der Waals surface area contributed by atoms with E-state index in [9.17, 15) is 9.18 Å². The summed E-state index contributed by atoms with van der Waals surface area (Å²) in [7, 11) is 3.29.